The molecule has 1 aliphatic carbocycles. The van der Waals surface area contributed by atoms with Gasteiger partial charge in [0.2, 0.25) is 0 Å². The normalized spacial score (nSPS) is 30.2. The molecule has 4 heteroatoms. The van der Waals surface area contributed by atoms with Crippen LogP contribution in [0.4, 0.5) is 0 Å². The van der Waals surface area contributed by atoms with Crippen molar-refractivity contribution in [2.24, 2.45) is 11.8 Å². The standard InChI is InChI=1S/C16H20BrNO2/c1-10-8-18(9-15(10)16(19)20)14-5-3-11-6-13(17)4-2-12(11)7-14/h2,4,6,10,14-15H,3,5,7-9H2,1H3,(H,19,20). The van der Waals surface area contributed by atoms with Crippen LogP contribution in [0.15, 0.2) is 22.7 Å². The molecule has 20 heavy (non-hydrogen) atoms. The van der Waals surface area contributed by atoms with Gasteiger partial charge in [0.05, 0.1) is 5.92 Å². The first-order chi connectivity index (χ1) is 9.54. The summed E-state index contributed by atoms with van der Waals surface area (Å²) in [6.07, 6.45) is 3.30. The molecular formula is C16H20BrNO2. The van der Waals surface area contributed by atoms with Crippen LogP contribution in [0.3, 0.4) is 0 Å². The molecule has 1 saturated heterocycles. The Morgan fingerprint density at radius 1 is 1.35 bits per heavy atom. The van der Waals surface area contributed by atoms with Crippen LogP contribution in [0.5, 0.6) is 0 Å². The van der Waals surface area contributed by atoms with Gasteiger partial charge in [-0.2, -0.15) is 0 Å². The van der Waals surface area contributed by atoms with Crippen LogP contribution < -0.4 is 0 Å². The number of carboxylic acid groups (broad SMARTS) is 1. The second-order valence-electron chi connectivity index (χ2n) is 6.19. The van der Waals surface area contributed by atoms with E-state index in [0.717, 1.165) is 30.3 Å². The molecule has 3 unspecified atom stereocenters. The minimum absolute atomic E-state index is 0.193. The lowest BCUT2D eigenvalue weighted by atomic mass is 9.87. The maximum Gasteiger partial charge on any atom is 0.308 e. The van der Waals surface area contributed by atoms with Crippen molar-refractivity contribution < 1.29 is 9.90 Å². The molecule has 3 atom stereocenters. The van der Waals surface area contributed by atoms with E-state index in [0.29, 0.717) is 12.6 Å². The van der Waals surface area contributed by atoms with E-state index in [2.05, 4.69) is 46.0 Å². The van der Waals surface area contributed by atoms with Crippen LogP contribution >= 0.6 is 15.9 Å². The lowest BCUT2D eigenvalue weighted by Crippen LogP contribution is -2.38. The lowest BCUT2D eigenvalue weighted by Gasteiger charge is -2.32. The third-order valence-electron chi connectivity index (χ3n) is 4.84. The van der Waals surface area contributed by atoms with Gasteiger partial charge in [-0.3, -0.25) is 9.69 Å². The second-order valence-corrected chi connectivity index (χ2v) is 7.10. The molecule has 0 spiro atoms. The van der Waals surface area contributed by atoms with Gasteiger partial charge in [-0.1, -0.05) is 28.9 Å². The molecule has 3 nitrogen and oxygen atoms in total. The Balaban J connectivity index is 1.72. The van der Waals surface area contributed by atoms with Gasteiger partial charge in [0.15, 0.2) is 0 Å². The number of aryl methyl sites for hydroxylation is 1. The molecule has 108 valence electrons. The quantitative estimate of drug-likeness (QED) is 0.901. The molecule has 3 rings (SSSR count). The zero-order valence-corrected chi connectivity index (χ0v) is 13.3. The van der Waals surface area contributed by atoms with Gasteiger partial charge in [-0.05, 0) is 48.4 Å². The first-order valence-corrected chi connectivity index (χ1v) is 8.08. The predicted octanol–water partition coefficient (Wildman–Crippen LogP) is 2.96. The minimum atomic E-state index is -0.639. The average molecular weight is 338 g/mol. The van der Waals surface area contributed by atoms with E-state index in [9.17, 15) is 9.90 Å². The highest BCUT2D eigenvalue weighted by molar-refractivity contribution is 9.10. The van der Waals surface area contributed by atoms with E-state index in [4.69, 9.17) is 0 Å². The van der Waals surface area contributed by atoms with Crippen LogP contribution in [-0.2, 0) is 17.6 Å². The van der Waals surface area contributed by atoms with Crippen LogP contribution in [-0.4, -0.2) is 35.1 Å². The van der Waals surface area contributed by atoms with Gasteiger partial charge in [-0.15, -0.1) is 0 Å². The maximum atomic E-state index is 11.2. The van der Waals surface area contributed by atoms with Gasteiger partial charge >= 0.3 is 5.97 Å². The number of fused-ring (bicyclic) bond motifs is 1. The van der Waals surface area contributed by atoms with E-state index in [1.165, 1.54) is 11.1 Å². The average Bonchev–Trinajstić information content (AvgIpc) is 2.80. The highest BCUT2D eigenvalue weighted by Gasteiger charge is 2.38. The molecule has 1 heterocycles. The zero-order valence-electron chi connectivity index (χ0n) is 11.7. The van der Waals surface area contributed by atoms with Crippen molar-refractivity contribution in [3.05, 3.63) is 33.8 Å². The summed E-state index contributed by atoms with van der Waals surface area (Å²) >= 11 is 3.53. The summed E-state index contributed by atoms with van der Waals surface area (Å²) in [6, 6.07) is 7.04. The SMILES string of the molecule is CC1CN(C2CCc3cc(Br)ccc3C2)CC1C(=O)O. The Morgan fingerprint density at radius 3 is 2.85 bits per heavy atom. The number of halogens is 1. The number of likely N-dealkylation sites (tertiary alicyclic amines) is 1. The molecule has 0 amide bonds. The van der Waals surface area contributed by atoms with E-state index < -0.39 is 5.97 Å². The predicted molar refractivity (Wildman–Crippen MR) is 81.8 cm³/mol. The van der Waals surface area contributed by atoms with Crippen LogP contribution in [0.2, 0.25) is 0 Å². The summed E-state index contributed by atoms with van der Waals surface area (Å²) in [5.74, 6) is -0.569. The molecule has 0 saturated carbocycles. The fourth-order valence-corrected chi connectivity index (χ4v) is 4.05. The Kier molecular flexibility index (Phi) is 3.87. The van der Waals surface area contributed by atoms with Gasteiger partial charge in [0.1, 0.15) is 0 Å². The monoisotopic (exact) mass is 337 g/mol. The van der Waals surface area contributed by atoms with Gasteiger partial charge < -0.3 is 5.11 Å². The number of rotatable bonds is 2. The molecule has 0 bridgehead atoms. The minimum Gasteiger partial charge on any atom is -0.481 e. The van der Waals surface area contributed by atoms with Crippen LogP contribution in [0, 0.1) is 11.8 Å². The molecular weight excluding hydrogens is 318 g/mol. The molecule has 1 aromatic carbocycles. The summed E-state index contributed by atoms with van der Waals surface area (Å²) in [5, 5.41) is 9.26. The van der Waals surface area contributed by atoms with E-state index in [1.807, 2.05) is 0 Å². The highest BCUT2D eigenvalue weighted by atomic mass is 79.9. The number of nitrogens with zero attached hydrogens (tertiary/aromatic N) is 1. The molecule has 1 aromatic rings. The summed E-state index contributed by atoms with van der Waals surface area (Å²) < 4.78 is 1.15. The summed E-state index contributed by atoms with van der Waals surface area (Å²) in [4.78, 5) is 13.6. The number of hydrogen-bond acceptors (Lipinski definition) is 2. The molecule has 0 radical (unpaired) electrons. The lowest BCUT2D eigenvalue weighted by molar-refractivity contribution is -0.142. The Labute approximate surface area is 128 Å². The van der Waals surface area contributed by atoms with Crippen molar-refractivity contribution in [3.63, 3.8) is 0 Å². The number of hydrogen-bond donors (Lipinski definition) is 1. The van der Waals surface area contributed by atoms with Gasteiger partial charge in [-0.25, -0.2) is 0 Å². The van der Waals surface area contributed by atoms with Crippen molar-refractivity contribution in [1.82, 2.24) is 4.90 Å². The zero-order chi connectivity index (χ0) is 14.3. The summed E-state index contributed by atoms with van der Waals surface area (Å²) in [6.45, 7) is 3.70. The van der Waals surface area contributed by atoms with Gasteiger partial charge in [0.25, 0.3) is 0 Å². The fraction of sp³-hybridized carbons (Fsp3) is 0.562. The summed E-state index contributed by atoms with van der Waals surface area (Å²) in [5.41, 5.74) is 2.87. The molecule has 1 fully saturated rings. The van der Waals surface area contributed by atoms with Crippen molar-refractivity contribution in [2.45, 2.75) is 32.2 Å². The molecule has 1 aliphatic heterocycles. The largest absolute Gasteiger partial charge is 0.481 e. The molecule has 2 aliphatic rings. The first-order valence-electron chi connectivity index (χ1n) is 7.28. The summed E-state index contributed by atoms with van der Waals surface area (Å²) in [7, 11) is 0. The number of benzene rings is 1. The van der Waals surface area contributed by atoms with Crippen molar-refractivity contribution >= 4 is 21.9 Å². The topological polar surface area (TPSA) is 40.5 Å². The number of carbonyl (C=O) groups is 1. The number of aliphatic carboxylic acids is 1. The van der Waals surface area contributed by atoms with Crippen molar-refractivity contribution in [1.29, 1.82) is 0 Å². The highest BCUT2D eigenvalue weighted by Crippen LogP contribution is 2.32. The van der Waals surface area contributed by atoms with Crippen LogP contribution in [0.1, 0.15) is 24.5 Å². The third-order valence-corrected chi connectivity index (χ3v) is 5.34. The second kappa shape index (κ2) is 5.49. The Morgan fingerprint density at radius 2 is 2.15 bits per heavy atom. The molecule has 1 N–H and O–H groups in total. The van der Waals surface area contributed by atoms with E-state index in [1.54, 1.807) is 0 Å². The maximum absolute atomic E-state index is 11.2. The van der Waals surface area contributed by atoms with Crippen molar-refractivity contribution in [3.8, 4) is 0 Å². The first kappa shape index (κ1) is 14.1. The smallest absolute Gasteiger partial charge is 0.308 e. The van der Waals surface area contributed by atoms with Crippen LogP contribution in [0.25, 0.3) is 0 Å². The Bertz CT molecular complexity index is 531. The van der Waals surface area contributed by atoms with E-state index >= 15 is 0 Å². The molecule has 0 aromatic heterocycles. The van der Waals surface area contributed by atoms with E-state index in [-0.39, 0.29) is 11.8 Å². The third kappa shape index (κ3) is 2.63. The van der Waals surface area contributed by atoms with Gasteiger partial charge in [0, 0.05) is 23.6 Å². The Hall–Kier alpha value is -0.870. The van der Waals surface area contributed by atoms with Crippen molar-refractivity contribution in [2.75, 3.05) is 13.1 Å². The number of carboxylic acids is 1. The fourth-order valence-electron chi connectivity index (χ4n) is 3.64.